The maximum Gasteiger partial charge on any atom is 0.243 e. The highest BCUT2D eigenvalue weighted by Gasteiger charge is 2.11. The van der Waals surface area contributed by atoms with Crippen molar-refractivity contribution in [3.63, 3.8) is 0 Å². The van der Waals surface area contributed by atoms with Crippen molar-refractivity contribution in [2.24, 2.45) is 0 Å². The number of rotatable bonds is 9. The average Bonchev–Trinajstić information content (AvgIpc) is 2.68. The summed E-state index contributed by atoms with van der Waals surface area (Å²) in [6, 6.07) is 12.9. The molecule has 0 aromatic heterocycles. The van der Waals surface area contributed by atoms with Crippen molar-refractivity contribution in [2.45, 2.75) is 6.54 Å². The van der Waals surface area contributed by atoms with Crippen molar-refractivity contribution < 1.29 is 19.1 Å². The molecule has 7 nitrogen and oxygen atoms in total. The van der Waals surface area contributed by atoms with Gasteiger partial charge in [-0.05, 0) is 52.8 Å². The summed E-state index contributed by atoms with van der Waals surface area (Å²) in [5.41, 5.74) is 1.65. The highest BCUT2D eigenvalue weighted by molar-refractivity contribution is 9.10. The number of amides is 2. The number of para-hydroxylation sites is 1. The Morgan fingerprint density at radius 1 is 1.04 bits per heavy atom. The number of carbonyl (C=O) groups excluding carboxylic acids is 2. The monoisotopic (exact) mass is 449 g/mol. The molecular formula is C20H24BrN3O4. The van der Waals surface area contributed by atoms with Gasteiger partial charge in [0.1, 0.15) is 0 Å². The van der Waals surface area contributed by atoms with E-state index in [1.165, 1.54) is 0 Å². The molecule has 0 spiro atoms. The molecular weight excluding hydrogens is 426 g/mol. The van der Waals surface area contributed by atoms with E-state index in [1.807, 2.05) is 48.3 Å². The lowest BCUT2D eigenvalue weighted by molar-refractivity contribution is -0.124. The summed E-state index contributed by atoms with van der Waals surface area (Å²) in [6.07, 6.45) is 0. The van der Waals surface area contributed by atoms with E-state index in [4.69, 9.17) is 9.47 Å². The number of halogens is 1. The number of methoxy groups -OCH3 is 2. The van der Waals surface area contributed by atoms with Crippen LogP contribution in [0.2, 0.25) is 0 Å². The summed E-state index contributed by atoms with van der Waals surface area (Å²) in [4.78, 5) is 25.9. The first-order valence-corrected chi connectivity index (χ1v) is 9.42. The summed E-state index contributed by atoms with van der Waals surface area (Å²) in [5, 5.41) is 5.37. The zero-order chi connectivity index (χ0) is 20.5. The Hall–Kier alpha value is -2.58. The van der Waals surface area contributed by atoms with Crippen LogP contribution in [0.3, 0.4) is 0 Å². The van der Waals surface area contributed by atoms with E-state index in [0.29, 0.717) is 23.7 Å². The molecule has 0 heterocycles. The molecule has 0 aliphatic rings. The minimum absolute atomic E-state index is 0.0929. The molecule has 0 atom stereocenters. The fraction of sp³-hybridized carbons (Fsp3) is 0.300. The van der Waals surface area contributed by atoms with Crippen LogP contribution in [-0.2, 0) is 16.1 Å². The highest BCUT2D eigenvalue weighted by Crippen LogP contribution is 2.27. The molecule has 0 bridgehead atoms. The Balaban J connectivity index is 1.79. The fourth-order valence-electron chi connectivity index (χ4n) is 2.58. The van der Waals surface area contributed by atoms with Gasteiger partial charge < -0.3 is 20.1 Å². The molecule has 8 heteroatoms. The lowest BCUT2D eigenvalue weighted by Crippen LogP contribution is -2.39. The smallest absolute Gasteiger partial charge is 0.243 e. The Morgan fingerprint density at radius 2 is 1.75 bits per heavy atom. The number of nitrogens with one attached hydrogen (secondary N) is 2. The highest BCUT2D eigenvalue weighted by atomic mass is 79.9. The number of nitrogens with zero attached hydrogens (tertiary/aromatic N) is 1. The summed E-state index contributed by atoms with van der Waals surface area (Å²) < 4.78 is 11.3. The average molecular weight is 450 g/mol. The summed E-state index contributed by atoms with van der Waals surface area (Å²) in [5.74, 6) is 0.775. The minimum atomic E-state index is -0.289. The molecule has 0 saturated heterocycles. The predicted molar refractivity (Wildman–Crippen MR) is 112 cm³/mol. The zero-order valence-electron chi connectivity index (χ0n) is 16.1. The third-order valence-electron chi connectivity index (χ3n) is 3.91. The van der Waals surface area contributed by atoms with Gasteiger partial charge in [-0.3, -0.25) is 14.5 Å². The van der Waals surface area contributed by atoms with E-state index in [2.05, 4.69) is 26.6 Å². The Morgan fingerprint density at radius 3 is 2.43 bits per heavy atom. The van der Waals surface area contributed by atoms with Crippen LogP contribution < -0.4 is 20.1 Å². The topological polar surface area (TPSA) is 79.9 Å². The van der Waals surface area contributed by atoms with Gasteiger partial charge in [0.05, 0.1) is 33.0 Å². The number of hydrogen-bond donors (Lipinski definition) is 2. The van der Waals surface area contributed by atoms with E-state index < -0.39 is 0 Å². The van der Waals surface area contributed by atoms with Crippen molar-refractivity contribution in [1.82, 2.24) is 10.2 Å². The molecule has 0 unspecified atom stereocenters. The van der Waals surface area contributed by atoms with Crippen LogP contribution in [0, 0.1) is 0 Å². The fourth-order valence-corrected chi connectivity index (χ4v) is 2.97. The normalized spacial score (nSPS) is 10.5. The van der Waals surface area contributed by atoms with Crippen LogP contribution in [0.1, 0.15) is 5.56 Å². The van der Waals surface area contributed by atoms with E-state index >= 15 is 0 Å². The summed E-state index contributed by atoms with van der Waals surface area (Å²) in [7, 11) is 5.00. The Labute approximate surface area is 173 Å². The summed E-state index contributed by atoms with van der Waals surface area (Å²) in [6.45, 7) is 0.623. The second-order valence-corrected chi connectivity index (χ2v) is 7.02. The molecule has 0 radical (unpaired) electrons. The van der Waals surface area contributed by atoms with Gasteiger partial charge in [0.2, 0.25) is 11.8 Å². The third-order valence-corrected chi connectivity index (χ3v) is 4.60. The molecule has 0 fully saturated rings. The number of anilines is 1. The summed E-state index contributed by atoms with van der Waals surface area (Å²) >= 11 is 3.36. The SMILES string of the molecule is COc1ccc(CN(C)CC(=O)NCC(=O)Nc2ccccc2Br)cc1OC. The third kappa shape index (κ3) is 6.54. The minimum Gasteiger partial charge on any atom is -0.493 e. The lowest BCUT2D eigenvalue weighted by atomic mass is 10.2. The van der Waals surface area contributed by atoms with E-state index in [0.717, 1.165) is 10.0 Å². The number of benzene rings is 2. The first-order chi connectivity index (χ1) is 13.4. The van der Waals surface area contributed by atoms with Gasteiger partial charge >= 0.3 is 0 Å². The molecule has 28 heavy (non-hydrogen) atoms. The quantitative estimate of drug-likeness (QED) is 0.614. The Bertz CT molecular complexity index is 829. The standard InChI is InChI=1S/C20H24BrN3O4/c1-24(12-14-8-9-17(27-2)18(10-14)28-3)13-20(26)22-11-19(25)23-16-7-5-4-6-15(16)21/h4-10H,11-13H2,1-3H3,(H,22,26)(H,23,25). The van der Waals surface area contributed by atoms with Gasteiger partial charge in [-0.15, -0.1) is 0 Å². The van der Waals surface area contributed by atoms with Gasteiger partial charge in [-0.2, -0.15) is 0 Å². The van der Waals surface area contributed by atoms with Crippen molar-refractivity contribution >= 4 is 33.4 Å². The number of likely N-dealkylation sites (N-methyl/N-ethyl adjacent to an activating group) is 1. The molecule has 0 aliphatic heterocycles. The van der Waals surface area contributed by atoms with Gasteiger partial charge in [-0.25, -0.2) is 0 Å². The van der Waals surface area contributed by atoms with Crippen molar-refractivity contribution in [3.8, 4) is 11.5 Å². The second kappa shape index (κ2) is 10.7. The van der Waals surface area contributed by atoms with Crippen molar-refractivity contribution in [1.29, 1.82) is 0 Å². The van der Waals surface area contributed by atoms with Crippen molar-refractivity contribution in [3.05, 3.63) is 52.5 Å². The predicted octanol–water partition coefficient (Wildman–Crippen LogP) is 2.65. The van der Waals surface area contributed by atoms with Crippen molar-refractivity contribution in [2.75, 3.05) is 39.7 Å². The molecule has 2 amide bonds. The van der Waals surface area contributed by atoms with Gasteiger partial charge in [0, 0.05) is 11.0 Å². The molecule has 2 aromatic rings. The second-order valence-electron chi connectivity index (χ2n) is 6.17. The number of ether oxygens (including phenoxy) is 2. The lowest BCUT2D eigenvalue weighted by Gasteiger charge is -2.17. The first-order valence-electron chi connectivity index (χ1n) is 8.63. The number of hydrogen-bond acceptors (Lipinski definition) is 5. The van der Waals surface area contributed by atoms with Gasteiger partial charge in [-0.1, -0.05) is 18.2 Å². The van der Waals surface area contributed by atoms with E-state index in [-0.39, 0.29) is 24.9 Å². The molecule has 150 valence electrons. The maximum atomic E-state index is 12.1. The van der Waals surface area contributed by atoms with Gasteiger partial charge in [0.15, 0.2) is 11.5 Å². The van der Waals surface area contributed by atoms with Crippen LogP contribution in [0.25, 0.3) is 0 Å². The molecule has 2 rings (SSSR count). The van der Waals surface area contributed by atoms with Gasteiger partial charge in [0.25, 0.3) is 0 Å². The van der Waals surface area contributed by atoms with E-state index in [1.54, 1.807) is 20.3 Å². The molecule has 2 N–H and O–H groups in total. The molecule has 0 aliphatic carbocycles. The number of carbonyl (C=O) groups is 2. The Kier molecular flexibility index (Phi) is 8.28. The van der Waals surface area contributed by atoms with E-state index in [9.17, 15) is 9.59 Å². The molecule has 0 saturated carbocycles. The molecule has 2 aromatic carbocycles. The van der Waals surface area contributed by atoms with Crippen LogP contribution in [0.5, 0.6) is 11.5 Å². The zero-order valence-corrected chi connectivity index (χ0v) is 17.7. The van der Waals surface area contributed by atoms with Crippen LogP contribution in [0.4, 0.5) is 5.69 Å². The van der Waals surface area contributed by atoms with Crippen LogP contribution >= 0.6 is 15.9 Å². The maximum absolute atomic E-state index is 12.1. The van der Waals surface area contributed by atoms with Crippen LogP contribution in [0.15, 0.2) is 46.9 Å². The first kappa shape index (κ1) is 21.7. The largest absolute Gasteiger partial charge is 0.493 e. The van der Waals surface area contributed by atoms with Crippen LogP contribution in [-0.4, -0.2) is 51.1 Å².